The number of rotatable bonds is 9. The van der Waals surface area contributed by atoms with Gasteiger partial charge >= 0.3 is 0 Å². The quantitative estimate of drug-likeness (QED) is 0.479. The van der Waals surface area contributed by atoms with Gasteiger partial charge in [-0.1, -0.05) is 30.3 Å². The molecule has 0 spiro atoms. The molecule has 1 aliphatic rings. The van der Waals surface area contributed by atoms with Gasteiger partial charge in [0.05, 0.1) is 6.33 Å². The molecule has 0 unspecified atom stereocenters. The lowest BCUT2D eigenvalue weighted by molar-refractivity contribution is 0.217. The number of sulfonamides is 1. The molecule has 0 fully saturated rings. The Labute approximate surface area is 188 Å². The Morgan fingerprint density at radius 3 is 2.75 bits per heavy atom. The Kier molecular flexibility index (Phi) is 6.78. The molecule has 8 nitrogen and oxygen atoms in total. The third-order valence-corrected chi connectivity index (χ3v) is 6.92. The van der Waals surface area contributed by atoms with E-state index in [1.807, 2.05) is 31.3 Å². The minimum absolute atomic E-state index is 0.00668. The molecule has 2 aromatic carbocycles. The average Bonchev–Trinajstić information content (AvgIpc) is 3.25. The Morgan fingerprint density at radius 1 is 1.22 bits per heavy atom. The summed E-state index contributed by atoms with van der Waals surface area (Å²) in [5.74, 6) is 1.78. The molecule has 0 saturated heterocycles. The number of hydrogen-bond donors (Lipinski definition) is 2. The van der Waals surface area contributed by atoms with E-state index < -0.39 is 10.0 Å². The van der Waals surface area contributed by atoms with Crippen LogP contribution in [0.2, 0.25) is 0 Å². The molecule has 2 N–H and O–H groups in total. The first-order valence-electron chi connectivity index (χ1n) is 10.5. The molecule has 0 saturated carbocycles. The molecule has 0 radical (unpaired) electrons. The number of ether oxygens (including phenoxy) is 2. The largest absolute Gasteiger partial charge is 0.492 e. The maximum atomic E-state index is 12.3. The molecule has 0 amide bonds. The lowest BCUT2D eigenvalue weighted by atomic mass is 9.84. The summed E-state index contributed by atoms with van der Waals surface area (Å²) in [6.45, 7) is 0.945. The van der Waals surface area contributed by atoms with Gasteiger partial charge in [0.15, 0.2) is 5.03 Å². The van der Waals surface area contributed by atoms with Crippen molar-refractivity contribution >= 4 is 10.0 Å². The van der Waals surface area contributed by atoms with Crippen molar-refractivity contribution in [2.45, 2.75) is 23.4 Å². The van der Waals surface area contributed by atoms with Crippen LogP contribution in [0.25, 0.3) is 0 Å². The zero-order valence-corrected chi connectivity index (χ0v) is 19.0. The molecule has 170 valence electrons. The lowest BCUT2D eigenvalue weighted by Crippen LogP contribution is -2.41. The Bertz CT molecular complexity index is 1150. The first-order valence-corrected chi connectivity index (χ1v) is 12.0. The molecule has 1 aromatic heterocycles. The maximum absolute atomic E-state index is 12.3. The molecule has 9 heteroatoms. The molecule has 1 aliphatic heterocycles. The lowest BCUT2D eigenvalue weighted by Gasteiger charge is -2.34. The molecular formula is C23H28N4O4S. The van der Waals surface area contributed by atoms with Crippen LogP contribution in [0.5, 0.6) is 11.5 Å². The number of aryl methyl sites for hydroxylation is 1. The average molecular weight is 457 g/mol. The van der Waals surface area contributed by atoms with Crippen molar-refractivity contribution in [2.75, 3.05) is 26.8 Å². The summed E-state index contributed by atoms with van der Waals surface area (Å²) in [6, 6.07) is 16.3. The molecule has 0 bridgehead atoms. The first kappa shape index (κ1) is 22.3. The van der Waals surface area contributed by atoms with Crippen molar-refractivity contribution in [1.82, 2.24) is 19.6 Å². The van der Waals surface area contributed by atoms with Crippen LogP contribution in [0.3, 0.4) is 0 Å². The van der Waals surface area contributed by atoms with E-state index >= 15 is 0 Å². The summed E-state index contributed by atoms with van der Waals surface area (Å²) < 4.78 is 40.4. The summed E-state index contributed by atoms with van der Waals surface area (Å²) in [5.41, 5.74) is 2.35. The van der Waals surface area contributed by atoms with Gasteiger partial charge in [0.1, 0.15) is 24.7 Å². The Hall–Kier alpha value is -2.88. The van der Waals surface area contributed by atoms with Gasteiger partial charge in [-0.15, -0.1) is 0 Å². The highest BCUT2D eigenvalue weighted by Gasteiger charge is 2.30. The zero-order valence-electron chi connectivity index (χ0n) is 18.2. The van der Waals surface area contributed by atoms with E-state index in [1.54, 1.807) is 11.6 Å². The topological polar surface area (TPSA) is 94.5 Å². The van der Waals surface area contributed by atoms with Gasteiger partial charge in [-0.2, -0.15) is 0 Å². The summed E-state index contributed by atoms with van der Waals surface area (Å²) in [4.78, 5) is 3.88. The van der Waals surface area contributed by atoms with Gasteiger partial charge in [-0.3, -0.25) is 0 Å². The number of nitrogens with zero attached hydrogens (tertiary/aromatic N) is 2. The summed E-state index contributed by atoms with van der Waals surface area (Å²) in [7, 11) is 0.0178. The van der Waals surface area contributed by atoms with Crippen LogP contribution in [0.15, 0.2) is 66.1 Å². The van der Waals surface area contributed by atoms with Crippen molar-refractivity contribution in [3.05, 3.63) is 72.2 Å². The number of imidazole rings is 1. The monoisotopic (exact) mass is 456 g/mol. The molecule has 32 heavy (non-hydrogen) atoms. The highest BCUT2D eigenvalue weighted by atomic mass is 32.2. The fraction of sp³-hybridized carbons (Fsp3) is 0.348. The van der Waals surface area contributed by atoms with E-state index in [4.69, 9.17) is 9.47 Å². The van der Waals surface area contributed by atoms with Crippen molar-refractivity contribution in [1.29, 1.82) is 0 Å². The van der Waals surface area contributed by atoms with Crippen molar-refractivity contribution in [2.24, 2.45) is 7.05 Å². The van der Waals surface area contributed by atoms with Gasteiger partial charge in [-0.25, -0.2) is 18.1 Å². The first-order chi connectivity index (χ1) is 15.5. The van der Waals surface area contributed by atoms with Gasteiger partial charge in [0, 0.05) is 37.3 Å². The van der Waals surface area contributed by atoms with Crippen LogP contribution >= 0.6 is 0 Å². The second kappa shape index (κ2) is 9.72. The van der Waals surface area contributed by atoms with E-state index in [1.165, 1.54) is 18.1 Å². The molecule has 2 heterocycles. The number of benzene rings is 2. The number of nitrogens with one attached hydrogen (secondary N) is 2. The highest BCUT2D eigenvalue weighted by molar-refractivity contribution is 7.89. The number of aromatic nitrogens is 2. The van der Waals surface area contributed by atoms with Crippen LogP contribution in [-0.4, -0.2) is 50.8 Å². The number of likely N-dealkylation sites (N-methyl/N-ethyl adjacent to an activating group) is 1. The van der Waals surface area contributed by atoms with E-state index in [2.05, 4.69) is 39.3 Å². The zero-order chi connectivity index (χ0) is 22.6. The van der Waals surface area contributed by atoms with Crippen LogP contribution in [0.1, 0.15) is 17.0 Å². The molecular weight excluding hydrogens is 428 g/mol. The summed E-state index contributed by atoms with van der Waals surface area (Å²) in [6.07, 6.45) is 3.79. The smallest absolute Gasteiger partial charge is 0.259 e. The van der Waals surface area contributed by atoms with Crippen molar-refractivity contribution < 1.29 is 17.9 Å². The van der Waals surface area contributed by atoms with E-state index in [0.29, 0.717) is 12.4 Å². The maximum Gasteiger partial charge on any atom is 0.259 e. The second-order valence-electron chi connectivity index (χ2n) is 7.83. The molecule has 0 aliphatic carbocycles. The van der Waals surface area contributed by atoms with E-state index in [9.17, 15) is 8.42 Å². The van der Waals surface area contributed by atoms with E-state index in [-0.39, 0.29) is 30.1 Å². The summed E-state index contributed by atoms with van der Waals surface area (Å²) >= 11 is 0. The minimum atomic E-state index is -3.65. The standard InChI is InChI=1S/C23H28N4O4S/c1-24-21-15-31-22-9-8-18(13-20(22)19(21)12-17-6-4-3-5-7-17)30-11-10-26-32(28,29)23-14-27(2)16-25-23/h3-9,13-14,16,19,21,24,26H,10-12,15H2,1-2H3/t19-,21+/m0/s1. The van der Waals surface area contributed by atoms with Gasteiger partial charge in [-0.05, 0) is 37.2 Å². The minimum Gasteiger partial charge on any atom is -0.492 e. The van der Waals surface area contributed by atoms with Gasteiger partial charge < -0.3 is 19.4 Å². The van der Waals surface area contributed by atoms with Gasteiger partial charge in [0.25, 0.3) is 10.0 Å². The normalized spacial score (nSPS) is 18.1. The predicted octanol–water partition coefficient (Wildman–Crippen LogP) is 2.08. The summed E-state index contributed by atoms with van der Waals surface area (Å²) in [5, 5.41) is 3.36. The molecule has 4 rings (SSSR count). The number of hydrogen-bond acceptors (Lipinski definition) is 6. The van der Waals surface area contributed by atoms with Crippen LogP contribution in [0.4, 0.5) is 0 Å². The van der Waals surface area contributed by atoms with Crippen molar-refractivity contribution in [3.63, 3.8) is 0 Å². The van der Waals surface area contributed by atoms with Gasteiger partial charge in [0.2, 0.25) is 0 Å². The third kappa shape index (κ3) is 5.12. The predicted molar refractivity (Wildman–Crippen MR) is 122 cm³/mol. The molecule has 2 atom stereocenters. The Balaban J connectivity index is 1.42. The fourth-order valence-electron chi connectivity index (χ4n) is 3.90. The molecule has 3 aromatic rings. The fourth-order valence-corrected chi connectivity index (χ4v) is 4.89. The van der Waals surface area contributed by atoms with Crippen LogP contribution in [0, 0.1) is 0 Å². The number of fused-ring (bicyclic) bond motifs is 1. The van der Waals surface area contributed by atoms with Crippen molar-refractivity contribution in [3.8, 4) is 11.5 Å². The van der Waals surface area contributed by atoms with E-state index in [0.717, 1.165) is 17.7 Å². The highest BCUT2D eigenvalue weighted by Crippen LogP contribution is 2.38. The second-order valence-corrected chi connectivity index (χ2v) is 9.54. The SMILES string of the molecule is CN[C@@H]1COc2ccc(OCCNS(=O)(=O)c3cn(C)cn3)cc2[C@@H]1Cc1ccccc1. The van der Waals surface area contributed by atoms with Crippen LogP contribution < -0.4 is 19.5 Å². The van der Waals surface area contributed by atoms with Crippen LogP contribution in [-0.2, 0) is 23.5 Å². The Morgan fingerprint density at radius 2 is 2.03 bits per heavy atom. The third-order valence-electron chi connectivity index (χ3n) is 5.57.